The predicted molar refractivity (Wildman–Crippen MR) is 83.6 cm³/mol. The van der Waals surface area contributed by atoms with Gasteiger partial charge in [-0.2, -0.15) is 0 Å². The van der Waals surface area contributed by atoms with Gasteiger partial charge in [-0.3, -0.25) is 0 Å². The normalized spacial score (nSPS) is 10.3. The second kappa shape index (κ2) is 6.73. The fourth-order valence-corrected chi connectivity index (χ4v) is 2.66. The molecule has 0 saturated carbocycles. The van der Waals surface area contributed by atoms with Crippen molar-refractivity contribution < 1.29 is 4.74 Å². The van der Waals surface area contributed by atoms with Gasteiger partial charge in [0.05, 0.1) is 12.1 Å². The van der Waals surface area contributed by atoms with Gasteiger partial charge < -0.3 is 10.1 Å². The Hall–Kier alpha value is -1.32. The molecule has 0 aromatic heterocycles. The van der Waals surface area contributed by atoms with Gasteiger partial charge in [0.25, 0.3) is 0 Å². The van der Waals surface area contributed by atoms with Crippen LogP contribution in [0.1, 0.15) is 5.56 Å². The summed E-state index contributed by atoms with van der Waals surface area (Å²) in [6.07, 6.45) is 2.07. The Labute approximate surface area is 123 Å². The number of rotatable bonds is 5. The van der Waals surface area contributed by atoms with Crippen LogP contribution < -0.4 is 10.1 Å². The van der Waals surface area contributed by atoms with E-state index in [0.717, 1.165) is 17.8 Å². The maximum Gasteiger partial charge on any atom is 0.137 e. The zero-order valence-electron chi connectivity index (χ0n) is 10.9. The molecule has 0 aliphatic rings. The minimum Gasteiger partial charge on any atom is -0.495 e. The van der Waals surface area contributed by atoms with Gasteiger partial charge in [-0.25, -0.2) is 0 Å². The Morgan fingerprint density at radius 3 is 2.68 bits per heavy atom. The summed E-state index contributed by atoms with van der Waals surface area (Å²) < 4.78 is 5.14. The Morgan fingerprint density at radius 1 is 1.21 bits per heavy atom. The van der Waals surface area contributed by atoms with E-state index < -0.39 is 0 Å². The van der Waals surface area contributed by atoms with Crippen LogP contribution in [0, 0.1) is 0 Å². The summed E-state index contributed by atoms with van der Waals surface area (Å²) in [5, 5.41) is 4.06. The van der Waals surface area contributed by atoms with Crippen LogP contribution in [-0.2, 0) is 6.54 Å². The molecular weight excluding hydrogens is 278 g/mol. The first-order valence-corrected chi connectivity index (χ1v) is 7.54. The molecular formula is C15H16ClNOS. The average Bonchev–Trinajstić information content (AvgIpc) is 2.45. The lowest BCUT2D eigenvalue weighted by Crippen LogP contribution is -2.00. The number of ether oxygens (including phenoxy) is 1. The monoisotopic (exact) mass is 293 g/mol. The summed E-state index contributed by atoms with van der Waals surface area (Å²) in [5.41, 5.74) is 2.27. The number of thioether (sulfide) groups is 1. The zero-order chi connectivity index (χ0) is 13.7. The first-order chi connectivity index (χ1) is 9.24. The van der Waals surface area contributed by atoms with Gasteiger partial charge in [0, 0.05) is 17.1 Å². The van der Waals surface area contributed by atoms with Crippen LogP contribution >= 0.6 is 23.4 Å². The van der Waals surface area contributed by atoms with Crippen LogP contribution in [0.25, 0.3) is 0 Å². The third-order valence-electron chi connectivity index (χ3n) is 2.81. The second-order valence-electron chi connectivity index (χ2n) is 4.02. The van der Waals surface area contributed by atoms with Gasteiger partial charge in [-0.05, 0) is 36.1 Å². The van der Waals surface area contributed by atoms with Crippen LogP contribution in [0.5, 0.6) is 5.75 Å². The van der Waals surface area contributed by atoms with Gasteiger partial charge in [-0.15, -0.1) is 11.8 Å². The first-order valence-electron chi connectivity index (χ1n) is 5.94. The molecule has 0 aliphatic heterocycles. The molecule has 0 spiro atoms. The highest BCUT2D eigenvalue weighted by molar-refractivity contribution is 7.98. The Bertz CT molecular complexity index is 560. The quantitative estimate of drug-likeness (QED) is 0.809. The Kier molecular flexibility index (Phi) is 5.00. The summed E-state index contributed by atoms with van der Waals surface area (Å²) in [7, 11) is 1.62. The molecule has 0 heterocycles. The van der Waals surface area contributed by atoms with Gasteiger partial charge in [0.15, 0.2) is 0 Å². The number of benzene rings is 2. The van der Waals surface area contributed by atoms with E-state index in [1.54, 1.807) is 18.9 Å². The molecule has 0 saturated heterocycles. The van der Waals surface area contributed by atoms with Crippen LogP contribution in [0.4, 0.5) is 5.69 Å². The second-order valence-corrected chi connectivity index (χ2v) is 5.28. The van der Waals surface area contributed by atoms with Crippen molar-refractivity contribution in [1.29, 1.82) is 0 Å². The van der Waals surface area contributed by atoms with Crippen molar-refractivity contribution in [3.8, 4) is 5.75 Å². The van der Waals surface area contributed by atoms with Crippen LogP contribution in [0.15, 0.2) is 47.4 Å². The third-order valence-corrected chi connectivity index (χ3v) is 3.90. The van der Waals surface area contributed by atoms with Gasteiger partial charge in [-0.1, -0.05) is 29.8 Å². The van der Waals surface area contributed by atoms with Crippen molar-refractivity contribution in [2.45, 2.75) is 11.4 Å². The summed E-state index contributed by atoms with van der Waals surface area (Å²) >= 11 is 7.84. The molecule has 2 nitrogen and oxygen atoms in total. The van der Waals surface area contributed by atoms with E-state index >= 15 is 0 Å². The van der Waals surface area contributed by atoms with Crippen molar-refractivity contribution in [3.63, 3.8) is 0 Å². The lowest BCUT2D eigenvalue weighted by atomic mass is 10.2. The van der Waals surface area contributed by atoms with Crippen LogP contribution in [0.3, 0.4) is 0 Å². The summed E-state index contributed by atoms with van der Waals surface area (Å²) in [4.78, 5) is 1.24. The number of para-hydroxylation sites is 1. The van der Waals surface area contributed by atoms with Crippen molar-refractivity contribution in [2.75, 3.05) is 18.7 Å². The fourth-order valence-electron chi connectivity index (χ4n) is 1.81. The topological polar surface area (TPSA) is 21.3 Å². The van der Waals surface area contributed by atoms with Crippen LogP contribution in [0.2, 0.25) is 5.02 Å². The lowest BCUT2D eigenvalue weighted by molar-refractivity contribution is 0.415. The Morgan fingerprint density at radius 2 is 2.00 bits per heavy atom. The van der Waals surface area contributed by atoms with E-state index in [4.69, 9.17) is 16.3 Å². The van der Waals surface area contributed by atoms with Gasteiger partial charge in [0.1, 0.15) is 5.75 Å². The van der Waals surface area contributed by atoms with Gasteiger partial charge >= 0.3 is 0 Å². The lowest BCUT2D eigenvalue weighted by Gasteiger charge is -2.11. The molecule has 0 fully saturated rings. The molecule has 19 heavy (non-hydrogen) atoms. The average molecular weight is 294 g/mol. The maximum absolute atomic E-state index is 6.11. The number of anilines is 1. The summed E-state index contributed by atoms with van der Waals surface area (Å²) in [5.74, 6) is 0.704. The standard InChI is InChI=1S/C15H16ClNOS/c1-18-14-8-7-11(9-12(14)16)10-17-13-5-3-4-6-15(13)19-2/h3-9,17H,10H2,1-2H3. The van der Waals surface area contributed by atoms with E-state index in [1.165, 1.54) is 4.90 Å². The minimum atomic E-state index is 0.639. The van der Waals surface area contributed by atoms with E-state index in [2.05, 4.69) is 23.7 Å². The van der Waals surface area contributed by atoms with Crippen molar-refractivity contribution in [1.82, 2.24) is 0 Å². The Balaban J connectivity index is 2.08. The number of methoxy groups -OCH3 is 1. The van der Waals surface area contributed by atoms with Crippen molar-refractivity contribution in [2.24, 2.45) is 0 Å². The zero-order valence-corrected chi connectivity index (χ0v) is 12.5. The molecule has 1 N–H and O–H groups in total. The SMILES string of the molecule is COc1ccc(CNc2ccccc2SC)cc1Cl. The highest BCUT2D eigenvalue weighted by Crippen LogP contribution is 2.27. The maximum atomic E-state index is 6.11. The van der Waals surface area contributed by atoms with E-state index in [9.17, 15) is 0 Å². The molecule has 0 aliphatic carbocycles. The number of hydrogen-bond acceptors (Lipinski definition) is 3. The number of hydrogen-bond donors (Lipinski definition) is 1. The third kappa shape index (κ3) is 3.58. The molecule has 2 aromatic rings. The molecule has 4 heteroatoms. The molecule has 0 atom stereocenters. The highest BCUT2D eigenvalue weighted by atomic mass is 35.5. The van der Waals surface area contributed by atoms with Crippen LogP contribution in [-0.4, -0.2) is 13.4 Å². The molecule has 2 aromatic carbocycles. The molecule has 100 valence electrons. The summed E-state index contributed by atoms with van der Waals surface area (Å²) in [6, 6.07) is 14.1. The minimum absolute atomic E-state index is 0.639. The number of halogens is 1. The molecule has 0 radical (unpaired) electrons. The highest BCUT2D eigenvalue weighted by Gasteiger charge is 2.03. The fraction of sp³-hybridized carbons (Fsp3) is 0.200. The molecule has 2 rings (SSSR count). The summed E-state index contributed by atoms with van der Waals surface area (Å²) in [6.45, 7) is 0.737. The van der Waals surface area contributed by atoms with Gasteiger partial charge in [0.2, 0.25) is 0 Å². The van der Waals surface area contributed by atoms with E-state index in [1.807, 2.05) is 30.3 Å². The van der Waals surface area contributed by atoms with E-state index in [0.29, 0.717) is 10.8 Å². The van der Waals surface area contributed by atoms with Crippen molar-refractivity contribution >= 4 is 29.1 Å². The van der Waals surface area contributed by atoms with E-state index in [-0.39, 0.29) is 0 Å². The first kappa shape index (κ1) is 14.1. The molecule has 0 bridgehead atoms. The molecule has 0 amide bonds. The smallest absolute Gasteiger partial charge is 0.137 e. The molecule has 0 unspecified atom stereocenters. The van der Waals surface area contributed by atoms with Crippen molar-refractivity contribution in [3.05, 3.63) is 53.1 Å². The number of nitrogens with one attached hydrogen (secondary N) is 1. The predicted octanol–water partition coefficient (Wildman–Crippen LogP) is 4.68. The largest absolute Gasteiger partial charge is 0.495 e.